The fourth-order valence-corrected chi connectivity index (χ4v) is 1.99. The van der Waals surface area contributed by atoms with Crippen LogP contribution >= 0.6 is 0 Å². The Kier molecular flexibility index (Phi) is 6.24. The van der Waals surface area contributed by atoms with Crippen LogP contribution in [0.2, 0.25) is 0 Å². The molecule has 110 valence electrons. The third kappa shape index (κ3) is 5.16. The molecule has 1 rings (SSSR count). The van der Waals surface area contributed by atoms with Crippen molar-refractivity contribution in [1.82, 2.24) is 15.5 Å². The van der Waals surface area contributed by atoms with E-state index in [-0.39, 0.29) is 29.9 Å². The highest BCUT2D eigenvalue weighted by Gasteiger charge is 2.25. The number of hydrogen-bond acceptors (Lipinski definition) is 4. The van der Waals surface area contributed by atoms with E-state index in [2.05, 4.69) is 10.6 Å². The first-order chi connectivity index (χ1) is 8.91. The highest BCUT2D eigenvalue weighted by Crippen LogP contribution is 2.01. The summed E-state index contributed by atoms with van der Waals surface area (Å²) in [5.74, 6) is -0.0656. The molecule has 2 unspecified atom stereocenters. The number of ether oxygens (including phenoxy) is 1. The Morgan fingerprint density at radius 3 is 2.16 bits per heavy atom. The summed E-state index contributed by atoms with van der Waals surface area (Å²) in [5, 5.41) is 5.86. The molecule has 2 amide bonds. The van der Waals surface area contributed by atoms with E-state index in [4.69, 9.17) is 4.74 Å². The predicted octanol–water partition coefficient (Wildman–Crippen LogP) is -0.264. The van der Waals surface area contributed by atoms with E-state index in [0.29, 0.717) is 26.3 Å². The van der Waals surface area contributed by atoms with Crippen molar-refractivity contribution in [3.63, 3.8) is 0 Å². The highest BCUT2D eigenvalue weighted by molar-refractivity contribution is 5.85. The fourth-order valence-electron chi connectivity index (χ4n) is 1.99. The van der Waals surface area contributed by atoms with Gasteiger partial charge in [-0.2, -0.15) is 0 Å². The van der Waals surface area contributed by atoms with Gasteiger partial charge in [-0.3, -0.25) is 14.9 Å². The number of amides is 2. The molecule has 6 nitrogen and oxygen atoms in total. The van der Waals surface area contributed by atoms with Crippen molar-refractivity contribution in [1.29, 1.82) is 0 Å². The molecule has 0 bridgehead atoms. The minimum absolute atomic E-state index is 0.0208. The van der Waals surface area contributed by atoms with E-state index < -0.39 is 0 Å². The lowest BCUT2D eigenvalue weighted by Gasteiger charge is -2.30. The van der Waals surface area contributed by atoms with Crippen LogP contribution in [0.4, 0.5) is 0 Å². The highest BCUT2D eigenvalue weighted by atomic mass is 16.5. The summed E-state index contributed by atoms with van der Waals surface area (Å²) in [6.45, 7) is 9.79. The molecule has 0 aliphatic carbocycles. The average molecular weight is 271 g/mol. The Bertz CT molecular complexity index is 314. The third-order valence-electron chi connectivity index (χ3n) is 3.02. The van der Waals surface area contributed by atoms with Gasteiger partial charge in [0.05, 0.1) is 25.3 Å². The van der Waals surface area contributed by atoms with Gasteiger partial charge in [-0.05, 0) is 27.7 Å². The smallest absolute Gasteiger partial charge is 0.239 e. The number of nitrogens with zero attached hydrogens (tertiary/aromatic N) is 1. The van der Waals surface area contributed by atoms with Gasteiger partial charge < -0.3 is 15.0 Å². The van der Waals surface area contributed by atoms with Crippen LogP contribution in [-0.4, -0.2) is 61.1 Å². The molecule has 0 saturated carbocycles. The standard InChI is InChI=1S/C13H25N3O3/c1-9(2)14-12(17)10(3)15-11(4)13(18)16-5-7-19-8-6-16/h9-11,15H,5-8H2,1-4H3,(H,14,17). The van der Waals surface area contributed by atoms with E-state index in [0.717, 1.165) is 0 Å². The van der Waals surface area contributed by atoms with Crippen molar-refractivity contribution in [2.45, 2.75) is 45.8 Å². The number of carbonyl (C=O) groups excluding carboxylic acids is 2. The molecule has 1 heterocycles. The van der Waals surface area contributed by atoms with Crippen LogP contribution in [-0.2, 0) is 14.3 Å². The van der Waals surface area contributed by atoms with Crippen molar-refractivity contribution in [3.8, 4) is 0 Å². The molecule has 2 atom stereocenters. The van der Waals surface area contributed by atoms with Gasteiger partial charge in [0.25, 0.3) is 0 Å². The van der Waals surface area contributed by atoms with Crippen molar-refractivity contribution >= 4 is 11.8 Å². The molecular weight excluding hydrogens is 246 g/mol. The van der Waals surface area contributed by atoms with Crippen LogP contribution in [0.15, 0.2) is 0 Å². The van der Waals surface area contributed by atoms with E-state index in [1.165, 1.54) is 0 Å². The first-order valence-electron chi connectivity index (χ1n) is 6.84. The zero-order chi connectivity index (χ0) is 14.4. The first kappa shape index (κ1) is 15.9. The van der Waals surface area contributed by atoms with Crippen molar-refractivity contribution < 1.29 is 14.3 Å². The number of rotatable bonds is 5. The SMILES string of the molecule is CC(C)NC(=O)C(C)NC(C)C(=O)N1CCOCC1. The zero-order valence-corrected chi connectivity index (χ0v) is 12.2. The number of carbonyl (C=O) groups is 2. The van der Waals surface area contributed by atoms with Gasteiger partial charge in [0, 0.05) is 19.1 Å². The van der Waals surface area contributed by atoms with E-state index >= 15 is 0 Å². The summed E-state index contributed by atoms with van der Waals surface area (Å²) >= 11 is 0. The average Bonchev–Trinajstić information content (AvgIpc) is 2.37. The maximum atomic E-state index is 12.2. The van der Waals surface area contributed by atoms with Crippen LogP contribution in [0.25, 0.3) is 0 Å². The molecule has 0 aromatic carbocycles. The summed E-state index contributed by atoms with van der Waals surface area (Å²) in [6, 6.07) is -0.657. The molecule has 2 N–H and O–H groups in total. The molecule has 1 aliphatic heterocycles. The van der Waals surface area contributed by atoms with E-state index in [1.807, 2.05) is 13.8 Å². The fraction of sp³-hybridized carbons (Fsp3) is 0.846. The second-order valence-corrected chi connectivity index (χ2v) is 5.21. The molecule has 0 spiro atoms. The van der Waals surface area contributed by atoms with Gasteiger partial charge in [-0.25, -0.2) is 0 Å². The molecule has 6 heteroatoms. The van der Waals surface area contributed by atoms with Gasteiger partial charge >= 0.3 is 0 Å². The number of nitrogens with one attached hydrogen (secondary N) is 2. The summed E-state index contributed by atoms with van der Waals surface area (Å²) in [7, 11) is 0. The van der Waals surface area contributed by atoms with Crippen molar-refractivity contribution in [2.75, 3.05) is 26.3 Å². The molecule has 0 aromatic heterocycles. The molecular formula is C13H25N3O3. The van der Waals surface area contributed by atoms with Gasteiger partial charge in [-0.15, -0.1) is 0 Å². The second-order valence-electron chi connectivity index (χ2n) is 5.21. The Hall–Kier alpha value is -1.14. The normalized spacial score (nSPS) is 19.1. The lowest BCUT2D eigenvalue weighted by atomic mass is 10.2. The molecule has 1 aliphatic rings. The van der Waals surface area contributed by atoms with E-state index in [1.54, 1.807) is 18.7 Å². The van der Waals surface area contributed by atoms with Gasteiger partial charge in [-0.1, -0.05) is 0 Å². The van der Waals surface area contributed by atoms with Crippen LogP contribution in [0, 0.1) is 0 Å². The van der Waals surface area contributed by atoms with Crippen LogP contribution in [0.1, 0.15) is 27.7 Å². The summed E-state index contributed by atoms with van der Waals surface area (Å²) in [6.07, 6.45) is 0. The Balaban J connectivity index is 2.42. The Morgan fingerprint density at radius 1 is 1.05 bits per heavy atom. The minimum Gasteiger partial charge on any atom is -0.378 e. The van der Waals surface area contributed by atoms with Crippen molar-refractivity contribution in [2.24, 2.45) is 0 Å². The summed E-state index contributed by atoms with van der Waals surface area (Å²) < 4.78 is 5.21. The predicted molar refractivity (Wildman–Crippen MR) is 72.7 cm³/mol. The zero-order valence-electron chi connectivity index (χ0n) is 12.2. The lowest BCUT2D eigenvalue weighted by molar-refractivity contribution is -0.137. The summed E-state index contributed by atoms with van der Waals surface area (Å²) in [4.78, 5) is 25.7. The third-order valence-corrected chi connectivity index (χ3v) is 3.02. The topological polar surface area (TPSA) is 70.7 Å². The maximum Gasteiger partial charge on any atom is 0.239 e. The first-order valence-corrected chi connectivity index (χ1v) is 6.84. The number of hydrogen-bond donors (Lipinski definition) is 2. The van der Waals surface area contributed by atoms with Crippen LogP contribution < -0.4 is 10.6 Å². The Morgan fingerprint density at radius 2 is 1.63 bits per heavy atom. The lowest BCUT2D eigenvalue weighted by Crippen LogP contribution is -2.54. The Labute approximate surface area is 114 Å². The quantitative estimate of drug-likeness (QED) is 0.722. The van der Waals surface area contributed by atoms with Gasteiger partial charge in [0.2, 0.25) is 11.8 Å². The molecule has 1 fully saturated rings. The molecule has 0 radical (unpaired) electrons. The molecule has 1 saturated heterocycles. The summed E-state index contributed by atoms with van der Waals surface area (Å²) in [5.41, 5.74) is 0. The van der Waals surface area contributed by atoms with Crippen molar-refractivity contribution in [3.05, 3.63) is 0 Å². The van der Waals surface area contributed by atoms with Crippen LogP contribution in [0.3, 0.4) is 0 Å². The van der Waals surface area contributed by atoms with E-state index in [9.17, 15) is 9.59 Å². The monoisotopic (exact) mass is 271 g/mol. The largest absolute Gasteiger partial charge is 0.378 e. The second kappa shape index (κ2) is 7.45. The minimum atomic E-state index is -0.387. The molecule has 0 aromatic rings. The van der Waals surface area contributed by atoms with Gasteiger partial charge in [0.15, 0.2) is 0 Å². The maximum absolute atomic E-state index is 12.2. The molecule has 19 heavy (non-hydrogen) atoms. The van der Waals surface area contributed by atoms with Gasteiger partial charge in [0.1, 0.15) is 0 Å². The van der Waals surface area contributed by atoms with Crippen LogP contribution in [0.5, 0.6) is 0 Å². The number of morpholine rings is 1.